The predicted octanol–water partition coefficient (Wildman–Crippen LogP) is 8.34. The number of hydrogen-bond acceptors (Lipinski definition) is 7. The molecule has 2 aromatic carbocycles. The number of allylic oxidation sites excluding steroid dienone is 5. The molecule has 0 fully saturated rings. The number of carbonyl (C=O) groups excluding carboxylic acids is 1. The van der Waals surface area contributed by atoms with E-state index in [1.165, 1.54) is 11.1 Å². The summed E-state index contributed by atoms with van der Waals surface area (Å²) in [5, 5.41) is 13.9. The monoisotopic (exact) mass is 642 g/mol. The van der Waals surface area contributed by atoms with Crippen molar-refractivity contribution < 1.29 is 28.6 Å². The number of carbonyl (C=O) groups is 1. The number of ether oxygens (including phenoxy) is 3. The molecular weight excluding hydrogens is 592 g/mol. The van der Waals surface area contributed by atoms with Crippen molar-refractivity contribution in [2.45, 2.75) is 65.7 Å². The summed E-state index contributed by atoms with van der Waals surface area (Å²) in [6, 6.07) is 17.3. The Hall–Kier alpha value is -4.30. The van der Waals surface area contributed by atoms with Crippen molar-refractivity contribution in [3.63, 3.8) is 0 Å². The first kappa shape index (κ1) is 35.6. The second-order valence-corrected chi connectivity index (χ2v) is 12.2. The number of aromatic hydroxyl groups is 1. The molecule has 1 aromatic heterocycles. The SMILES string of the molecule is CC/C(C1=CCCC=C1)=C(\c1ccc(O)cc1)c1ccc(OCCN(C)C(=O)CCCOCCOc2cc(C(C)C(C)C)on2)cc1. The standard InChI is InChI=1S/C39H50N2O6/c1-6-35(30-11-8-7-9-12-30)39(31-14-18-33(42)19-15-31)32-16-20-34(21-17-32)45-24-22-41(5)38(43)13-10-23-44-25-26-46-37-27-36(47-40-37)29(4)28(2)3/h8,11-12,14-21,27-29,42H,6-7,9-10,13,22-26H2,1-5H3/b39-35-. The molecule has 1 heterocycles. The maximum absolute atomic E-state index is 12.6. The fourth-order valence-corrected chi connectivity index (χ4v) is 5.36. The Kier molecular flexibility index (Phi) is 13.7. The summed E-state index contributed by atoms with van der Waals surface area (Å²) < 4.78 is 22.6. The van der Waals surface area contributed by atoms with Crippen LogP contribution in [0, 0.1) is 5.92 Å². The van der Waals surface area contributed by atoms with Crippen LogP contribution in [0.1, 0.15) is 82.6 Å². The molecule has 8 nitrogen and oxygen atoms in total. The molecule has 0 radical (unpaired) electrons. The van der Waals surface area contributed by atoms with Crippen LogP contribution in [-0.4, -0.2) is 61.1 Å². The molecule has 3 aromatic rings. The molecule has 1 aliphatic carbocycles. The first-order valence-corrected chi connectivity index (χ1v) is 16.8. The molecule has 0 bridgehead atoms. The van der Waals surface area contributed by atoms with Gasteiger partial charge in [0.2, 0.25) is 5.91 Å². The lowest BCUT2D eigenvalue weighted by molar-refractivity contribution is -0.130. The first-order valence-electron chi connectivity index (χ1n) is 16.8. The Labute approximate surface area is 279 Å². The van der Waals surface area contributed by atoms with Gasteiger partial charge < -0.3 is 28.7 Å². The maximum Gasteiger partial charge on any atom is 0.254 e. The van der Waals surface area contributed by atoms with Crippen molar-refractivity contribution in [3.05, 3.63) is 101 Å². The van der Waals surface area contributed by atoms with Crippen LogP contribution >= 0.6 is 0 Å². The predicted molar refractivity (Wildman–Crippen MR) is 186 cm³/mol. The van der Waals surface area contributed by atoms with Gasteiger partial charge in [-0.1, -0.05) is 70.2 Å². The van der Waals surface area contributed by atoms with E-state index in [9.17, 15) is 9.90 Å². The molecule has 0 saturated carbocycles. The van der Waals surface area contributed by atoms with E-state index < -0.39 is 0 Å². The van der Waals surface area contributed by atoms with Crippen molar-refractivity contribution in [1.82, 2.24) is 10.1 Å². The molecule has 1 N–H and O–H groups in total. The fraction of sp³-hybridized carbons (Fsp3) is 0.436. The van der Waals surface area contributed by atoms with E-state index >= 15 is 0 Å². The molecule has 252 valence electrons. The lowest BCUT2D eigenvalue weighted by Crippen LogP contribution is -2.30. The second kappa shape index (κ2) is 18.1. The Balaban J connectivity index is 1.19. The molecule has 4 rings (SSSR count). The van der Waals surface area contributed by atoms with E-state index in [1.54, 1.807) is 24.1 Å². The highest BCUT2D eigenvalue weighted by atomic mass is 16.6. The van der Waals surface area contributed by atoms with Gasteiger partial charge in [-0.3, -0.25) is 4.79 Å². The second-order valence-electron chi connectivity index (χ2n) is 12.2. The van der Waals surface area contributed by atoms with Crippen molar-refractivity contribution in [2.75, 3.05) is 40.0 Å². The van der Waals surface area contributed by atoms with Gasteiger partial charge in [-0.15, -0.1) is 0 Å². The maximum atomic E-state index is 12.6. The van der Waals surface area contributed by atoms with E-state index in [2.05, 4.69) is 63.2 Å². The first-order chi connectivity index (χ1) is 22.8. The van der Waals surface area contributed by atoms with Crippen LogP contribution in [0.3, 0.4) is 0 Å². The third-order valence-electron chi connectivity index (χ3n) is 8.53. The van der Waals surface area contributed by atoms with Gasteiger partial charge >= 0.3 is 0 Å². The highest BCUT2D eigenvalue weighted by Gasteiger charge is 2.17. The Morgan fingerprint density at radius 1 is 0.957 bits per heavy atom. The zero-order chi connectivity index (χ0) is 33.6. The smallest absolute Gasteiger partial charge is 0.254 e. The third kappa shape index (κ3) is 10.6. The Bertz CT molecular complexity index is 1500. The highest BCUT2D eigenvalue weighted by molar-refractivity contribution is 5.85. The van der Waals surface area contributed by atoms with Crippen LogP contribution in [0.4, 0.5) is 0 Å². The van der Waals surface area contributed by atoms with Crippen LogP contribution in [0.25, 0.3) is 5.57 Å². The fourth-order valence-electron chi connectivity index (χ4n) is 5.36. The van der Waals surface area contributed by atoms with Gasteiger partial charge in [-0.2, -0.15) is 0 Å². The summed E-state index contributed by atoms with van der Waals surface area (Å²) in [5.74, 6) is 3.09. The molecule has 0 spiro atoms. The number of nitrogens with zero attached hydrogens (tertiary/aromatic N) is 2. The minimum absolute atomic E-state index is 0.0556. The van der Waals surface area contributed by atoms with Gasteiger partial charge in [-0.05, 0) is 88.9 Å². The van der Waals surface area contributed by atoms with E-state index in [-0.39, 0.29) is 17.6 Å². The van der Waals surface area contributed by atoms with Crippen molar-refractivity contribution in [3.8, 4) is 17.4 Å². The summed E-state index contributed by atoms with van der Waals surface area (Å²) in [6.45, 7) is 10.7. The number of hydrogen-bond donors (Lipinski definition) is 1. The number of rotatable bonds is 18. The van der Waals surface area contributed by atoms with Crippen molar-refractivity contribution in [2.24, 2.45) is 5.92 Å². The molecule has 1 atom stereocenters. The van der Waals surface area contributed by atoms with Crippen LogP contribution < -0.4 is 9.47 Å². The number of amides is 1. The minimum atomic E-state index is 0.0556. The third-order valence-corrected chi connectivity index (χ3v) is 8.53. The lowest BCUT2D eigenvalue weighted by atomic mass is 9.86. The average molecular weight is 643 g/mol. The number of phenolic OH excluding ortho intramolecular Hbond substituents is 1. The lowest BCUT2D eigenvalue weighted by Gasteiger charge is -2.19. The number of benzene rings is 2. The summed E-state index contributed by atoms with van der Waals surface area (Å²) in [6.07, 6.45) is 10.8. The Morgan fingerprint density at radius 2 is 1.68 bits per heavy atom. The van der Waals surface area contributed by atoms with Gasteiger partial charge in [0.05, 0.1) is 13.2 Å². The van der Waals surface area contributed by atoms with Crippen LogP contribution in [0.5, 0.6) is 17.4 Å². The summed E-state index contributed by atoms with van der Waals surface area (Å²) in [4.78, 5) is 14.3. The van der Waals surface area contributed by atoms with E-state index in [0.29, 0.717) is 57.6 Å². The summed E-state index contributed by atoms with van der Waals surface area (Å²) >= 11 is 0. The molecule has 1 aliphatic rings. The molecule has 1 unspecified atom stereocenters. The zero-order valence-corrected chi connectivity index (χ0v) is 28.5. The summed E-state index contributed by atoms with van der Waals surface area (Å²) in [5.41, 5.74) is 5.83. The zero-order valence-electron chi connectivity index (χ0n) is 28.5. The largest absolute Gasteiger partial charge is 0.508 e. The quantitative estimate of drug-likeness (QED) is 0.139. The van der Waals surface area contributed by atoms with Gasteiger partial charge in [0.25, 0.3) is 5.88 Å². The number of likely N-dealkylation sites (N-methyl/N-ethyl adjacent to an activating group) is 1. The molecule has 1 amide bonds. The molecular formula is C39H50N2O6. The Morgan fingerprint density at radius 3 is 2.34 bits per heavy atom. The van der Waals surface area contributed by atoms with E-state index in [0.717, 1.165) is 47.5 Å². The van der Waals surface area contributed by atoms with Crippen molar-refractivity contribution >= 4 is 11.5 Å². The van der Waals surface area contributed by atoms with Gasteiger partial charge in [0.15, 0.2) is 0 Å². The number of phenols is 1. The molecule has 47 heavy (non-hydrogen) atoms. The highest BCUT2D eigenvalue weighted by Crippen LogP contribution is 2.35. The summed E-state index contributed by atoms with van der Waals surface area (Å²) in [7, 11) is 1.80. The van der Waals surface area contributed by atoms with Crippen LogP contribution in [0.2, 0.25) is 0 Å². The number of aromatic nitrogens is 1. The van der Waals surface area contributed by atoms with Gasteiger partial charge in [-0.25, -0.2) is 0 Å². The van der Waals surface area contributed by atoms with E-state index in [4.69, 9.17) is 18.7 Å². The van der Waals surface area contributed by atoms with Gasteiger partial charge in [0, 0.05) is 32.1 Å². The van der Waals surface area contributed by atoms with Crippen LogP contribution in [-0.2, 0) is 9.53 Å². The van der Waals surface area contributed by atoms with Crippen molar-refractivity contribution in [1.29, 1.82) is 0 Å². The van der Waals surface area contributed by atoms with Gasteiger partial charge in [0.1, 0.15) is 30.5 Å². The topological polar surface area (TPSA) is 94.3 Å². The normalized spacial score (nSPS) is 14.0. The molecule has 0 aliphatic heterocycles. The molecule has 0 saturated heterocycles. The molecule has 8 heteroatoms. The van der Waals surface area contributed by atoms with E-state index in [1.807, 2.05) is 30.3 Å². The minimum Gasteiger partial charge on any atom is -0.508 e. The van der Waals surface area contributed by atoms with Crippen LogP contribution in [0.15, 0.2) is 88.5 Å². The average Bonchev–Trinajstić information content (AvgIpc) is 3.56.